The Bertz CT molecular complexity index is 240. The monoisotopic (exact) mass is 277 g/mol. The van der Waals surface area contributed by atoms with Crippen LogP contribution in [0.3, 0.4) is 0 Å². The third-order valence-corrected chi connectivity index (χ3v) is 3.76. The van der Waals surface area contributed by atoms with Crippen LogP contribution in [0.15, 0.2) is 0 Å². The van der Waals surface area contributed by atoms with Gasteiger partial charge in [-0.3, -0.25) is 4.79 Å². The molecule has 4 nitrogen and oxygen atoms in total. The number of rotatable bonds is 6. The molecule has 18 heavy (non-hydrogen) atoms. The molecule has 1 aliphatic carbocycles. The van der Waals surface area contributed by atoms with E-state index in [1.807, 2.05) is 14.1 Å². The maximum atomic E-state index is 11.9. The number of carbonyl (C=O) groups excluding carboxylic acids is 1. The van der Waals surface area contributed by atoms with E-state index in [1.165, 1.54) is 19.3 Å². The average molecular weight is 278 g/mol. The minimum absolute atomic E-state index is 0. The predicted octanol–water partition coefficient (Wildman–Crippen LogP) is 1.39. The van der Waals surface area contributed by atoms with Gasteiger partial charge in [-0.25, -0.2) is 0 Å². The van der Waals surface area contributed by atoms with Crippen molar-refractivity contribution in [3.05, 3.63) is 0 Å². The van der Waals surface area contributed by atoms with Crippen LogP contribution in [-0.2, 0) is 4.79 Å². The minimum atomic E-state index is 0. The van der Waals surface area contributed by atoms with E-state index in [-0.39, 0.29) is 23.7 Å². The number of hydrogen-bond acceptors (Lipinski definition) is 3. The molecule has 5 heteroatoms. The van der Waals surface area contributed by atoms with E-state index in [4.69, 9.17) is 5.73 Å². The maximum Gasteiger partial charge on any atom is 0.220 e. The van der Waals surface area contributed by atoms with Gasteiger partial charge in [0.05, 0.1) is 0 Å². The Morgan fingerprint density at radius 2 is 1.89 bits per heavy atom. The molecule has 0 spiro atoms. The minimum Gasteiger partial charge on any atom is -0.355 e. The first-order valence-electron chi connectivity index (χ1n) is 6.69. The Morgan fingerprint density at radius 1 is 1.28 bits per heavy atom. The molecule has 1 amide bonds. The molecule has 0 bridgehead atoms. The van der Waals surface area contributed by atoms with Crippen molar-refractivity contribution in [3.63, 3.8) is 0 Å². The number of hydrogen-bond donors (Lipinski definition) is 2. The molecular weight excluding hydrogens is 250 g/mol. The summed E-state index contributed by atoms with van der Waals surface area (Å²) >= 11 is 0. The molecule has 0 aromatic rings. The zero-order valence-electron chi connectivity index (χ0n) is 11.7. The number of halogens is 1. The molecule has 1 aliphatic rings. The first-order valence-corrected chi connectivity index (χ1v) is 6.69. The van der Waals surface area contributed by atoms with Crippen molar-refractivity contribution in [3.8, 4) is 0 Å². The number of likely N-dealkylation sites (N-methyl/N-ethyl adjacent to an activating group) is 1. The topological polar surface area (TPSA) is 58.4 Å². The van der Waals surface area contributed by atoms with Crippen molar-refractivity contribution < 1.29 is 4.79 Å². The summed E-state index contributed by atoms with van der Waals surface area (Å²) in [5.41, 5.74) is 5.96. The van der Waals surface area contributed by atoms with Gasteiger partial charge in [-0.15, -0.1) is 12.4 Å². The van der Waals surface area contributed by atoms with Gasteiger partial charge < -0.3 is 16.0 Å². The number of nitrogens with zero attached hydrogens (tertiary/aromatic N) is 1. The van der Waals surface area contributed by atoms with Gasteiger partial charge >= 0.3 is 0 Å². The zero-order valence-corrected chi connectivity index (χ0v) is 12.5. The van der Waals surface area contributed by atoms with E-state index in [0.29, 0.717) is 13.0 Å². The Hall–Kier alpha value is -0.320. The number of amides is 1. The molecule has 0 unspecified atom stereocenters. The van der Waals surface area contributed by atoms with E-state index in [2.05, 4.69) is 10.2 Å². The first kappa shape index (κ1) is 17.7. The zero-order chi connectivity index (χ0) is 12.7. The first-order chi connectivity index (χ1) is 8.08. The molecule has 3 N–H and O–H groups in total. The molecule has 1 fully saturated rings. The second-order valence-electron chi connectivity index (χ2n) is 5.59. The molecule has 0 radical (unpaired) electrons. The molecule has 0 aliphatic heterocycles. The van der Waals surface area contributed by atoms with Gasteiger partial charge in [0.15, 0.2) is 0 Å². The molecule has 0 aromatic heterocycles. The van der Waals surface area contributed by atoms with Crippen LogP contribution in [-0.4, -0.2) is 44.5 Å². The lowest BCUT2D eigenvalue weighted by molar-refractivity contribution is -0.123. The Kier molecular flexibility index (Phi) is 8.57. The number of carbonyl (C=O) groups is 1. The second-order valence-corrected chi connectivity index (χ2v) is 5.59. The SMILES string of the molecule is CN(C)CCNC(=O)CC1(CN)CCCCC1.Cl. The Morgan fingerprint density at radius 3 is 2.39 bits per heavy atom. The van der Waals surface area contributed by atoms with Gasteiger partial charge in [0.2, 0.25) is 5.91 Å². The molecule has 108 valence electrons. The van der Waals surface area contributed by atoms with E-state index in [1.54, 1.807) is 0 Å². The molecule has 0 saturated heterocycles. The van der Waals surface area contributed by atoms with Crippen LogP contribution in [0.4, 0.5) is 0 Å². The van der Waals surface area contributed by atoms with Crippen LogP contribution in [0, 0.1) is 5.41 Å². The summed E-state index contributed by atoms with van der Waals surface area (Å²) < 4.78 is 0. The van der Waals surface area contributed by atoms with Crippen LogP contribution in [0.1, 0.15) is 38.5 Å². The van der Waals surface area contributed by atoms with Crippen LogP contribution in [0.5, 0.6) is 0 Å². The van der Waals surface area contributed by atoms with Crippen molar-refractivity contribution in [2.24, 2.45) is 11.1 Å². The highest BCUT2D eigenvalue weighted by Crippen LogP contribution is 2.38. The van der Waals surface area contributed by atoms with E-state index in [0.717, 1.165) is 25.9 Å². The fraction of sp³-hybridized carbons (Fsp3) is 0.923. The third-order valence-electron chi connectivity index (χ3n) is 3.76. The summed E-state index contributed by atoms with van der Waals surface area (Å²) in [6, 6.07) is 0. The summed E-state index contributed by atoms with van der Waals surface area (Å²) in [5.74, 6) is 0.166. The lowest BCUT2D eigenvalue weighted by Gasteiger charge is -2.35. The van der Waals surface area contributed by atoms with E-state index < -0.39 is 0 Å². The van der Waals surface area contributed by atoms with Crippen LogP contribution >= 0.6 is 12.4 Å². The van der Waals surface area contributed by atoms with Crippen molar-refractivity contribution in [1.82, 2.24) is 10.2 Å². The quantitative estimate of drug-likeness (QED) is 0.771. The van der Waals surface area contributed by atoms with Crippen molar-refractivity contribution >= 4 is 18.3 Å². The standard InChI is InChI=1S/C13H27N3O.ClH/c1-16(2)9-8-15-12(17)10-13(11-14)6-4-3-5-7-13;/h3-11,14H2,1-2H3,(H,15,17);1H. The van der Waals surface area contributed by atoms with E-state index >= 15 is 0 Å². The Labute approximate surface area is 117 Å². The summed E-state index contributed by atoms with van der Waals surface area (Å²) in [6.45, 7) is 2.27. The lowest BCUT2D eigenvalue weighted by Crippen LogP contribution is -2.40. The van der Waals surface area contributed by atoms with Gasteiger partial charge in [-0.05, 0) is 38.9 Å². The highest BCUT2D eigenvalue weighted by atomic mass is 35.5. The van der Waals surface area contributed by atoms with Crippen LogP contribution in [0.2, 0.25) is 0 Å². The fourth-order valence-corrected chi connectivity index (χ4v) is 2.58. The molecule has 0 heterocycles. The van der Waals surface area contributed by atoms with Gasteiger partial charge in [0, 0.05) is 19.5 Å². The lowest BCUT2D eigenvalue weighted by atomic mass is 9.71. The number of nitrogens with two attached hydrogens (primary N) is 1. The van der Waals surface area contributed by atoms with Gasteiger partial charge in [-0.1, -0.05) is 19.3 Å². The molecule has 0 aromatic carbocycles. The summed E-state index contributed by atoms with van der Waals surface area (Å²) in [6.07, 6.45) is 6.58. The van der Waals surface area contributed by atoms with Crippen LogP contribution in [0.25, 0.3) is 0 Å². The summed E-state index contributed by atoms with van der Waals surface area (Å²) in [4.78, 5) is 13.9. The molecular formula is C13H28ClN3O. The molecule has 0 atom stereocenters. The maximum absolute atomic E-state index is 11.9. The second kappa shape index (κ2) is 8.73. The summed E-state index contributed by atoms with van der Waals surface area (Å²) in [7, 11) is 4.02. The highest BCUT2D eigenvalue weighted by Gasteiger charge is 2.32. The highest BCUT2D eigenvalue weighted by molar-refractivity contribution is 5.85. The smallest absolute Gasteiger partial charge is 0.220 e. The van der Waals surface area contributed by atoms with E-state index in [9.17, 15) is 4.79 Å². The normalized spacial score (nSPS) is 18.2. The van der Waals surface area contributed by atoms with Crippen molar-refractivity contribution in [1.29, 1.82) is 0 Å². The van der Waals surface area contributed by atoms with Gasteiger partial charge in [0.25, 0.3) is 0 Å². The van der Waals surface area contributed by atoms with Gasteiger partial charge in [-0.2, -0.15) is 0 Å². The fourth-order valence-electron chi connectivity index (χ4n) is 2.58. The largest absolute Gasteiger partial charge is 0.355 e. The average Bonchev–Trinajstić information content (AvgIpc) is 2.29. The van der Waals surface area contributed by atoms with Gasteiger partial charge in [0.1, 0.15) is 0 Å². The predicted molar refractivity (Wildman–Crippen MR) is 78.0 cm³/mol. The summed E-state index contributed by atoms with van der Waals surface area (Å²) in [5, 5.41) is 2.98. The Balaban J connectivity index is 0.00000289. The number of nitrogens with one attached hydrogen (secondary N) is 1. The van der Waals surface area contributed by atoms with Crippen LogP contribution < -0.4 is 11.1 Å². The van der Waals surface area contributed by atoms with Crippen molar-refractivity contribution in [2.75, 3.05) is 33.7 Å². The third kappa shape index (κ3) is 6.03. The molecule has 1 rings (SSSR count). The van der Waals surface area contributed by atoms with Crippen molar-refractivity contribution in [2.45, 2.75) is 38.5 Å². The molecule has 1 saturated carbocycles.